The molecule has 0 aliphatic carbocycles. The Morgan fingerprint density at radius 3 is 2.22 bits per heavy atom. The maximum Gasteiger partial charge on any atom is 0.135 e. The maximum atomic E-state index is 13.7. The molecule has 18 heavy (non-hydrogen) atoms. The van der Waals surface area contributed by atoms with E-state index in [1.807, 2.05) is 0 Å². The van der Waals surface area contributed by atoms with E-state index in [1.54, 1.807) is 6.07 Å². The van der Waals surface area contributed by atoms with Gasteiger partial charge < -0.3 is 0 Å². The zero-order valence-corrected chi connectivity index (χ0v) is 10.4. The van der Waals surface area contributed by atoms with Crippen molar-refractivity contribution in [1.29, 1.82) is 5.26 Å². The third-order valence-electron chi connectivity index (χ3n) is 2.31. The third-order valence-corrected chi connectivity index (χ3v) is 2.76. The summed E-state index contributed by atoms with van der Waals surface area (Å²) in [5.74, 6) is -2.76. The number of benzene rings is 2. The zero-order valence-electron chi connectivity index (χ0n) is 8.77. The summed E-state index contributed by atoms with van der Waals surface area (Å²) < 4.78 is 41.3. The molecule has 1 nitrogen and oxygen atoms in total. The lowest BCUT2D eigenvalue weighted by molar-refractivity contribution is 0.581. The van der Waals surface area contributed by atoms with Gasteiger partial charge in [-0.25, -0.2) is 13.2 Å². The van der Waals surface area contributed by atoms with Gasteiger partial charge in [0.1, 0.15) is 17.5 Å². The van der Waals surface area contributed by atoms with Crippen molar-refractivity contribution < 1.29 is 13.2 Å². The lowest BCUT2D eigenvalue weighted by Gasteiger charge is -2.07. The van der Waals surface area contributed by atoms with Crippen molar-refractivity contribution >= 4 is 15.9 Å². The number of halogens is 4. The highest BCUT2D eigenvalue weighted by molar-refractivity contribution is 9.10. The highest BCUT2D eigenvalue weighted by Crippen LogP contribution is 2.31. The fourth-order valence-corrected chi connectivity index (χ4v) is 1.88. The molecule has 0 saturated heterocycles. The fraction of sp³-hybridized carbons (Fsp3) is 0. The van der Waals surface area contributed by atoms with Crippen LogP contribution in [0.2, 0.25) is 0 Å². The van der Waals surface area contributed by atoms with Crippen molar-refractivity contribution in [2.75, 3.05) is 0 Å². The molecule has 2 aromatic carbocycles. The SMILES string of the molecule is N#Cc1cc(F)c(-c2cc(Br)[c]cc2F)c(F)c1. The summed E-state index contributed by atoms with van der Waals surface area (Å²) in [5, 5.41) is 8.58. The lowest BCUT2D eigenvalue weighted by atomic mass is 10.0. The van der Waals surface area contributed by atoms with Crippen molar-refractivity contribution in [1.82, 2.24) is 0 Å². The molecule has 0 unspecified atom stereocenters. The molecule has 0 aliphatic rings. The molecule has 0 fully saturated rings. The van der Waals surface area contributed by atoms with E-state index in [0.717, 1.165) is 18.2 Å². The summed E-state index contributed by atoms with van der Waals surface area (Å²) in [6.45, 7) is 0. The van der Waals surface area contributed by atoms with Gasteiger partial charge in [0, 0.05) is 16.1 Å². The van der Waals surface area contributed by atoms with E-state index >= 15 is 0 Å². The predicted octanol–water partition coefficient (Wildman–Crippen LogP) is 4.21. The van der Waals surface area contributed by atoms with E-state index in [1.165, 1.54) is 6.07 Å². The number of nitrogens with zero attached hydrogens (tertiary/aromatic N) is 1. The molecule has 5 heteroatoms. The summed E-state index contributed by atoms with van der Waals surface area (Å²) >= 11 is 3.05. The molecule has 0 N–H and O–H groups in total. The van der Waals surface area contributed by atoms with Gasteiger partial charge in [0.2, 0.25) is 0 Å². The van der Waals surface area contributed by atoms with Crippen molar-refractivity contribution in [3.63, 3.8) is 0 Å². The maximum absolute atomic E-state index is 13.7. The van der Waals surface area contributed by atoms with E-state index in [9.17, 15) is 13.2 Å². The molecule has 89 valence electrons. The molecule has 0 aromatic heterocycles. The van der Waals surface area contributed by atoms with Crippen molar-refractivity contribution in [2.24, 2.45) is 0 Å². The molecule has 0 atom stereocenters. The molecule has 0 amide bonds. The summed E-state index contributed by atoms with van der Waals surface area (Å²) in [6.07, 6.45) is 0. The lowest BCUT2D eigenvalue weighted by Crippen LogP contribution is -1.95. The van der Waals surface area contributed by atoms with Crippen LogP contribution < -0.4 is 0 Å². The topological polar surface area (TPSA) is 23.8 Å². The molecular weight excluding hydrogens is 307 g/mol. The van der Waals surface area contributed by atoms with Gasteiger partial charge in [-0.15, -0.1) is 0 Å². The van der Waals surface area contributed by atoms with E-state index in [2.05, 4.69) is 22.0 Å². The number of hydrogen-bond acceptors (Lipinski definition) is 1. The van der Waals surface area contributed by atoms with Crippen LogP contribution in [0.5, 0.6) is 0 Å². The van der Waals surface area contributed by atoms with Crippen molar-refractivity contribution in [3.05, 3.63) is 57.8 Å². The Morgan fingerprint density at radius 2 is 1.67 bits per heavy atom. The summed E-state index contributed by atoms with van der Waals surface area (Å²) in [5.41, 5.74) is -0.878. The van der Waals surface area contributed by atoms with E-state index in [-0.39, 0.29) is 11.1 Å². The second-order valence-electron chi connectivity index (χ2n) is 3.47. The molecule has 0 heterocycles. The zero-order chi connectivity index (χ0) is 13.3. The molecular formula is C13H4BrF3N. The van der Waals surface area contributed by atoms with Crippen LogP contribution in [-0.2, 0) is 0 Å². The highest BCUT2D eigenvalue weighted by atomic mass is 79.9. The summed E-state index contributed by atoms with van der Waals surface area (Å²) in [4.78, 5) is 0. The Hall–Kier alpha value is -1.80. The van der Waals surface area contributed by atoms with Crippen LogP contribution >= 0.6 is 15.9 Å². The first-order valence-electron chi connectivity index (χ1n) is 4.79. The van der Waals surface area contributed by atoms with Gasteiger partial charge in [0.05, 0.1) is 17.2 Å². The van der Waals surface area contributed by atoms with Crippen molar-refractivity contribution in [2.45, 2.75) is 0 Å². The molecule has 0 aliphatic heterocycles. The third kappa shape index (κ3) is 2.24. The normalized spacial score (nSPS) is 10.2. The molecule has 1 radical (unpaired) electrons. The standard InChI is InChI=1S/C13H4BrF3N/c14-8-1-2-10(15)9(5-8)13-11(16)3-7(6-18)4-12(13)17/h2-5H. The van der Waals surface area contributed by atoms with Gasteiger partial charge in [0.25, 0.3) is 0 Å². The van der Waals surface area contributed by atoms with Crippen LogP contribution in [0, 0.1) is 34.8 Å². The predicted molar refractivity (Wildman–Crippen MR) is 63.0 cm³/mol. The fourth-order valence-electron chi connectivity index (χ4n) is 1.53. The number of rotatable bonds is 1. The van der Waals surface area contributed by atoms with Crippen LogP contribution in [0.1, 0.15) is 5.56 Å². The quantitative estimate of drug-likeness (QED) is 0.774. The molecule has 0 spiro atoms. The van der Waals surface area contributed by atoms with E-state index in [4.69, 9.17) is 5.26 Å². The molecule has 0 bridgehead atoms. The van der Waals surface area contributed by atoms with Crippen LogP contribution in [-0.4, -0.2) is 0 Å². The second kappa shape index (κ2) is 4.83. The Bertz CT molecular complexity index is 639. The first-order valence-corrected chi connectivity index (χ1v) is 5.58. The van der Waals surface area contributed by atoms with Gasteiger partial charge in [-0.2, -0.15) is 5.26 Å². The average Bonchev–Trinajstić information content (AvgIpc) is 2.32. The summed E-state index contributed by atoms with van der Waals surface area (Å²) in [7, 11) is 0. The first kappa shape index (κ1) is 12.7. The molecule has 0 saturated carbocycles. The summed E-state index contributed by atoms with van der Waals surface area (Å²) in [6, 6.07) is 8.07. The van der Waals surface area contributed by atoms with E-state index < -0.39 is 23.0 Å². The number of hydrogen-bond donors (Lipinski definition) is 0. The van der Waals surface area contributed by atoms with Crippen LogP contribution in [0.15, 0.2) is 28.7 Å². The Labute approximate surface area is 110 Å². The first-order chi connectivity index (χ1) is 8.52. The Morgan fingerprint density at radius 1 is 1.06 bits per heavy atom. The minimum Gasteiger partial charge on any atom is -0.206 e. The largest absolute Gasteiger partial charge is 0.206 e. The molecule has 2 rings (SSSR count). The van der Waals surface area contributed by atoms with Crippen molar-refractivity contribution in [3.8, 4) is 17.2 Å². The number of nitriles is 1. The monoisotopic (exact) mass is 310 g/mol. The Kier molecular flexibility index (Phi) is 3.39. The van der Waals surface area contributed by atoms with E-state index in [0.29, 0.717) is 4.47 Å². The minimum absolute atomic E-state index is 0.157. The van der Waals surface area contributed by atoms with Gasteiger partial charge >= 0.3 is 0 Å². The second-order valence-corrected chi connectivity index (χ2v) is 4.32. The van der Waals surface area contributed by atoms with Crippen LogP contribution in [0.4, 0.5) is 13.2 Å². The Balaban J connectivity index is 2.72. The highest BCUT2D eigenvalue weighted by Gasteiger charge is 2.17. The van der Waals surface area contributed by atoms with Gasteiger partial charge in [-0.3, -0.25) is 0 Å². The van der Waals surface area contributed by atoms with Crippen LogP contribution in [0.25, 0.3) is 11.1 Å². The van der Waals surface area contributed by atoms with Gasteiger partial charge in [-0.1, -0.05) is 15.9 Å². The smallest absolute Gasteiger partial charge is 0.135 e. The van der Waals surface area contributed by atoms with Crippen LogP contribution in [0.3, 0.4) is 0 Å². The minimum atomic E-state index is -0.983. The molecule has 2 aromatic rings. The average molecular weight is 311 g/mol. The van der Waals surface area contributed by atoms with Gasteiger partial charge in [0.15, 0.2) is 0 Å². The van der Waals surface area contributed by atoms with Gasteiger partial charge in [-0.05, 0) is 24.3 Å².